The molecule has 124 valence electrons. The van der Waals surface area contributed by atoms with Gasteiger partial charge in [0.15, 0.2) is 5.82 Å². The molecular weight excluding hydrogens is 377 g/mol. The first-order valence-electron chi connectivity index (χ1n) is 7.46. The van der Waals surface area contributed by atoms with Crippen molar-refractivity contribution in [3.05, 3.63) is 78.5 Å². The van der Waals surface area contributed by atoms with Crippen molar-refractivity contribution < 1.29 is 0 Å². The second-order valence-corrected chi connectivity index (χ2v) is 7.32. The molecule has 4 nitrogen and oxygen atoms in total. The predicted octanol–water partition coefficient (Wildman–Crippen LogP) is 3.98. The van der Waals surface area contributed by atoms with Gasteiger partial charge in [0.05, 0.1) is 4.53 Å². The van der Waals surface area contributed by atoms with Crippen LogP contribution in [-0.2, 0) is 0 Å². The zero-order valence-corrected chi connectivity index (χ0v) is 15.4. The maximum Gasteiger partial charge on any atom is 0.291 e. The summed E-state index contributed by atoms with van der Waals surface area (Å²) in [7, 11) is 0. The van der Waals surface area contributed by atoms with E-state index in [1.54, 1.807) is 24.3 Å². The number of rotatable bonds is 2. The predicted molar refractivity (Wildman–Crippen MR) is 103 cm³/mol. The third-order valence-corrected chi connectivity index (χ3v) is 5.46. The number of halogens is 2. The topological polar surface area (TPSA) is 47.3 Å². The van der Waals surface area contributed by atoms with Gasteiger partial charge in [-0.25, -0.2) is 0 Å². The number of hydrogen-bond acceptors (Lipinski definition) is 4. The molecule has 0 fully saturated rings. The monoisotopic (exact) mass is 387 g/mol. The van der Waals surface area contributed by atoms with Gasteiger partial charge in [0, 0.05) is 21.2 Å². The molecule has 2 aromatic heterocycles. The van der Waals surface area contributed by atoms with Crippen LogP contribution in [0.2, 0.25) is 10.0 Å². The lowest BCUT2D eigenvalue weighted by Crippen LogP contribution is -2.23. The van der Waals surface area contributed by atoms with Crippen LogP contribution in [0.25, 0.3) is 22.4 Å². The van der Waals surface area contributed by atoms with E-state index in [1.165, 1.54) is 15.9 Å². The van der Waals surface area contributed by atoms with Crippen molar-refractivity contribution in [2.75, 3.05) is 0 Å². The average molecular weight is 388 g/mol. The summed E-state index contributed by atoms with van der Waals surface area (Å²) in [6.45, 7) is 1.99. The Balaban J connectivity index is 1.88. The maximum absolute atomic E-state index is 12.6. The van der Waals surface area contributed by atoms with E-state index in [9.17, 15) is 4.79 Å². The quantitative estimate of drug-likeness (QED) is 0.522. The molecule has 0 saturated carbocycles. The van der Waals surface area contributed by atoms with Gasteiger partial charge in [-0.3, -0.25) is 4.79 Å². The molecule has 7 heteroatoms. The van der Waals surface area contributed by atoms with Crippen molar-refractivity contribution >= 4 is 45.6 Å². The van der Waals surface area contributed by atoms with Gasteiger partial charge in [0.1, 0.15) is 0 Å². The van der Waals surface area contributed by atoms with Crippen molar-refractivity contribution in [1.82, 2.24) is 14.6 Å². The zero-order chi connectivity index (χ0) is 17.6. The molecule has 0 amide bonds. The number of nitrogens with zero attached hydrogens (tertiary/aromatic N) is 3. The van der Waals surface area contributed by atoms with E-state index in [1.807, 2.05) is 31.2 Å². The van der Waals surface area contributed by atoms with Crippen LogP contribution in [-0.4, -0.2) is 14.6 Å². The summed E-state index contributed by atoms with van der Waals surface area (Å²) in [6, 6.07) is 13.0. The lowest BCUT2D eigenvalue weighted by atomic mass is 10.1. The molecule has 2 heterocycles. The summed E-state index contributed by atoms with van der Waals surface area (Å²) < 4.78 is 1.81. The van der Waals surface area contributed by atoms with E-state index >= 15 is 0 Å². The molecule has 4 rings (SSSR count). The standard InChI is InChI=1S/C18H11Cl2N3OS/c1-10-5-2-3-6-11(10)16-21-18-23(22-16)17(24)15(25-18)9-12-13(19)7-4-8-14(12)20/h2-9H,1H3. The summed E-state index contributed by atoms with van der Waals surface area (Å²) in [5, 5.41) is 5.35. The van der Waals surface area contributed by atoms with E-state index in [-0.39, 0.29) is 5.56 Å². The highest BCUT2D eigenvalue weighted by molar-refractivity contribution is 7.15. The molecule has 0 aliphatic heterocycles. The highest BCUT2D eigenvalue weighted by atomic mass is 35.5. The van der Waals surface area contributed by atoms with Crippen LogP contribution >= 0.6 is 34.5 Å². The van der Waals surface area contributed by atoms with Gasteiger partial charge in [-0.15, -0.1) is 5.10 Å². The zero-order valence-electron chi connectivity index (χ0n) is 13.0. The van der Waals surface area contributed by atoms with Crippen LogP contribution in [0.4, 0.5) is 0 Å². The van der Waals surface area contributed by atoms with Crippen molar-refractivity contribution in [1.29, 1.82) is 0 Å². The number of thiazole rings is 1. The van der Waals surface area contributed by atoms with E-state index in [4.69, 9.17) is 23.2 Å². The summed E-state index contributed by atoms with van der Waals surface area (Å²) in [5.41, 5.74) is 2.36. The largest absolute Gasteiger partial charge is 0.291 e. The Hall–Kier alpha value is -2.21. The minimum Gasteiger partial charge on any atom is -0.266 e. The minimum absolute atomic E-state index is 0.233. The van der Waals surface area contributed by atoms with E-state index in [0.29, 0.717) is 30.9 Å². The van der Waals surface area contributed by atoms with Crippen molar-refractivity contribution in [2.24, 2.45) is 0 Å². The van der Waals surface area contributed by atoms with Gasteiger partial charge >= 0.3 is 0 Å². The first kappa shape index (κ1) is 16.3. The minimum atomic E-state index is -0.233. The fourth-order valence-corrected chi connectivity index (χ4v) is 3.95. The molecule has 0 atom stereocenters. The van der Waals surface area contributed by atoms with Crippen molar-refractivity contribution in [2.45, 2.75) is 6.92 Å². The molecular formula is C18H11Cl2N3OS. The lowest BCUT2D eigenvalue weighted by molar-refractivity contribution is 0.936. The van der Waals surface area contributed by atoms with Crippen LogP contribution in [0.15, 0.2) is 47.3 Å². The Labute approximate surface area is 157 Å². The number of fused-ring (bicyclic) bond motifs is 1. The second kappa shape index (κ2) is 6.26. The van der Waals surface area contributed by atoms with Crippen molar-refractivity contribution in [3.63, 3.8) is 0 Å². The molecule has 2 aromatic carbocycles. The molecule has 0 aliphatic rings. The molecule has 25 heavy (non-hydrogen) atoms. The van der Waals surface area contributed by atoms with E-state index in [0.717, 1.165) is 11.1 Å². The van der Waals surface area contributed by atoms with Crippen LogP contribution in [0.1, 0.15) is 11.1 Å². The van der Waals surface area contributed by atoms with Crippen molar-refractivity contribution in [3.8, 4) is 11.4 Å². The number of aryl methyl sites for hydroxylation is 1. The number of aromatic nitrogens is 3. The molecule has 0 radical (unpaired) electrons. The maximum atomic E-state index is 12.6. The van der Waals surface area contributed by atoms with Crippen LogP contribution in [0, 0.1) is 6.92 Å². The molecule has 0 saturated heterocycles. The van der Waals surface area contributed by atoms with Gasteiger partial charge in [-0.1, -0.05) is 64.9 Å². The molecule has 4 aromatic rings. The Bertz CT molecular complexity index is 1190. The van der Waals surface area contributed by atoms with Gasteiger partial charge in [0.2, 0.25) is 4.96 Å². The summed E-state index contributed by atoms with van der Waals surface area (Å²) in [5.74, 6) is 0.545. The van der Waals surface area contributed by atoms with E-state index < -0.39 is 0 Å². The molecule has 0 aliphatic carbocycles. The number of hydrogen-bond donors (Lipinski definition) is 0. The van der Waals surface area contributed by atoms with Gasteiger partial charge in [0.25, 0.3) is 5.56 Å². The Kier molecular flexibility index (Phi) is 4.07. The van der Waals surface area contributed by atoms with Crippen LogP contribution in [0.5, 0.6) is 0 Å². The van der Waals surface area contributed by atoms with Gasteiger partial charge in [-0.05, 0) is 30.7 Å². The Morgan fingerprint density at radius 3 is 2.48 bits per heavy atom. The molecule has 0 spiro atoms. The SMILES string of the molecule is Cc1ccccc1-c1nc2sc(=Cc3c(Cl)cccc3Cl)c(=O)n2n1. The molecule has 0 unspecified atom stereocenters. The second-order valence-electron chi connectivity index (χ2n) is 5.50. The van der Waals surface area contributed by atoms with Crippen LogP contribution < -0.4 is 10.1 Å². The summed E-state index contributed by atoms with van der Waals surface area (Å²) in [4.78, 5) is 17.7. The normalized spacial score (nSPS) is 12.2. The summed E-state index contributed by atoms with van der Waals surface area (Å²) in [6.07, 6.45) is 1.68. The highest BCUT2D eigenvalue weighted by Gasteiger charge is 2.13. The van der Waals surface area contributed by atoms with E-state index in [2.05, 4.69) is 10.1 Å². The number of benzene rings is 2. The first-order valence-corrected chi connectivity index (χ1v) is 9.03. The highest BCUT2D eigenvalue weighted by Crippen LogP contribution is 2.25. The Morgan fingerprint density at radius 1 is 1.08 bits per heavy atom. The van der Waals surface area contributed by atoms with Gasteiger partial charge in [-0.2, -0.15) is 9.50 Å². The molecule has 0 N–H and O–H groups in total. The average Bonchev–Trinajstić information content (AvgIpc) is 3.11. The third kappa shape index (κ3) is 2.84. The van der Waals surface area contributed by atoms with Gasteiger partial charge < -0.3 is 0 Å². The van der Waals surface area contributed by atoms with Crippen LogP contribution in [0.3, 0.4) is 0 Å². The lowest BCUT2D eigenvalue weighted by Gasteiger charge is -1.99. The molecule has 0 bridgehead atoms. The fourth-order valence-electron chi connectivity index (χ4n) is 2.55. The Morgan fingerprint density at radius 2 is 1.80 bits per heavy atom. The first-order chi connectivity index (χ1) is 12.0. The fraction of sp³-hybridized carbons (Fsp3) is 0.0556. The third-order valence-electron chi connectivity index (χ3n) is 3.84. The smallest absolute Gasteiger partial charge is 0.266 e. The summed E-state index contributed by atoms with van der Waals surface area (Å²) >= 11 is 13.6.